The summed E-state index contributed by atoms with van der Waals surface area (Å²) >= 11 is 0. The number of hydrogen-bond donors (Lipinski definition) is 2. The second-order valence-electron chi connectivity index (χ2n) is 10.5. The number of benzene rings is 1. The third-order valence-electron chi connectivity index (χ3n) is 7.57. The fourth-order valence-electron chi connectivity index (χ4n) is 5.81. The first-order chi connectivity index (χ1) is 16.1. The Kier molecular flexibility index (Phi) is 5.43. The van der Waals surface area contributed by atoms with Crippen LogP contribution in [0.1, 0.15) is 46.0 Å². The molecule has 2 bridgehead atoms. The lowest BCUT2D eigenvalue weighted by atomic mass is 9.69. The van der Waals surface area contributed by atoms with Gasteiger partial charge in [0, 0.05) is 48.4 Å². The summed E-state index contributed by atoms with van der Waals surface area (Å²) in [6.07, 6.45) is 7.48. The summed E-state index contributed by atoms with van der Waals surface area (Å²) in [6, 6.07) is 11.1. The number of fused-ring (bicyclic) bond motifs is 2. The Labute approximate surface area is 199 Å². The zero-order valence-corrected chi connectivity index (χ0v) is 20.2. The van der Waals surface area contributed by atoms with Crippen molar-refractivity contribution in [3.63, 3.8) is 0 Å². The first kappa shape index (κ1) is 22.5. The van der Waals surface area contributed by atoms with Gasteiger partial charge >= 0.3 is 0 Å². The molecule has 2 aliphatic rings. The molecule has 2 aliphatic heterocycles. The molecular weight excluding hydrogens is 428 g/mol. The Morgan fingerprint density at radius 1 is 1.06 bits per heavy atom. The number of aromatic nitrogens is 4. The second-order valence-corrected chi connectivity index (χ2v) is 10.5. The molecule has 4 heterocycles. The van der Waals surface area contributed by atoms with Crippen molar-refractivity contribution in [3.8, 4) is 28.1 Å². The Morgan fingerprint density at radius 3 is 2.41 bits per heavy atom. The van der Waals surface area contributed by atoms with Crippen LogP contribution in [0.2, 0.25) is 0 Å². The van der Waals surface area contributed by atoms with E-state index in [0.717, 1.165) is 18.7 Å². The second kappa shape index (κ2) is 8.20. The monoisotopic (exact) mass is 460 g/mol. The molecular formula is C26H32N6O2. The summed E-state index contributed by atoms with van der Waals surface area (Å²) in [5.74, 6) is 0.920. The number of rotatable bonds is 4. The summed E-state index contributed by atoms with van der Waals surface area (Å²) < 4.78 is 1.27. The van der Waals surface area contributed by atoms with Crippen molar-refractivity contribution in [1.82, 2.24) is 25.3 Å². The van der Waals surface area contributed by atoms with Crippen molar-refractivity contribution < 1.29 is 5.11 Å². The standard InChI is InChI=1S/C26H32N6O2/c1-25-10-5-11-26(2,30-25)15-19(14-25)31(3)23-9-8-21(28-29-23)20-7-6-17(12-22(20)33)18-13-24(34)32(4)27-16-18/h6-9,12-13,16,19,30,33H,5,10-11,14-15H2,1-4H3/t19-,25-,26+. The number of phenols is 1. The van der Waals surface area contributed by atoms with Gasteiger partial charge in [0.2, 0.25) is 0 Å². The van der Waals surface area contributed by atoms with E-state index in [0.29, 0.717) is 28.4 Å². The molecule has 3 atom stereocenters. The maximum atomic E-state index is 11.9. The van der Waals surface area contributed by atoms with Gasteiger partial charge in [-0.3, -0.25) is 4.79 Å². The highest BCUT2D eigenvalue weighted by Gasteiger charge is 2.46. The number of piperidine rings is 2. The molecule has 0 amide bonds. The zero-order valence-electron chi connectivity index (χ0n) is 20.2. The van der Waals surface area contributed by atoms with Crippen LogP contribution in [0, 0.1) is 0 Å². The molecule has 34 heavy (non-hydrogen) atoms. The van der Waals surface area contributed by atoms with E-state index in [1.54, 1.807) is 25.4 Å². The minimum absolute atomic E-state index is 0.0839. The first-order valence-electron chi connectivity index (χ1n) is 11.9. The molecule has 0 saturated carbocycles. The quantitative estimate of drug-likeness (QED) is 0.615. The number of anilines is 1. The summed E-state index contributed by atoms with van der Waals surface area (Å²) in [5.41, 5.74) is 2.71. The van der Waals surface area contributed by atoms with E-state index < -0.39 is 0 Å². The molecule has 2 fully saturated rings. The minimum atomic E-state index is -0.202. The third kappa shape index (κ3) is 4.18. The van der Waals surface area contributed by atoms with Crippen LogP contribution in [0.25, 0.3) is 22.4 Å². The van der Waals surface area contributed by atoms with Crippen LogP contribution in [0.3, 0.4) is 0 Å². The molecule has 0 spiro atoms. The number of hydrogen-bond acceptors (Lipinski definition) is 7. The van der Waals surface area contributed by atoms with Crippen LogP contribution in [0.5, 0.6) is 5.75 Å². The molecule has 0 aliphatic carbocycles. The highest BCUT2D eigenvalue weighted by atomic mass is 16.3. The summed E-state index contributed by atoms with van der Waals surface area (Å²) in [5, 5.41) is 27.5. The topological polar surface area (TPSA) is 96.2 Å². The van der Waals surface area contributed by atoms with E-state index in [1.165, 1.54) is 30.0 Å². The van der Waals surface area contributed by atoms with Gasteiger partial charge in [-0.25, -0.2) is 4.68 Å². The Morgan fingerprint density at radius 2 is 1.79 bits per heavy atom. The van der Waals surface area contributed by atoms with Crippen molar-refractivity contribution in [2.24, 2.45) is 7.05 Å². The van der Waals surface area contributed by atoms with E-state index in [4.69, 9.17) is 0 Å². The smallest absolute Gasteiger partial charge is 0.267 e. The summed E-state index contributed by atoms with van der Waals surface area (Å²) in [6.45, 7) is 4.68. The van der Waals surface area contributed by atoms with Crippen LogP contribution in [0.4, 0.5) is 5.82 Å². The molecule has 8 nitrogen and oxygen atoms in total. The van der Waals surface area contributed by atoms with E-state index in [-0.39, 0.29) is 22.4 Å². The molecule has 2 aromatic heterocycles. The fourth-order valence-corrected chi connectivity index (χ4v) is 5.81. The van der Waals surface area contributed by atoms with Crippen LogP contribution < -0.4 is 15.8 Å². The van der Waals surface area contributed by atoms with E-state index >= 15 is 0 Å². The SMILES string of the molecule is CN(c1ccc(-c2ccc(-c3cnn(C)c(=O)c3)cc2O)nn1)[C@H]1C[C@]2(C)CCC[C@](C)(C1)N2. The van der Waals surface area contributed by atoms with Gasteiger partial charge in [-0.05, 0) is 75.8 Å². The molecule has 1 aromatic carbocycles. The number of phenolic OH excluding ortho intramolecular Hbond substituents is 1. The predicted octanol–water partition coefficient (Wildman–Crippen LogP) is 3.50. The molecule has 8 heteroatoms. The molecule has 3 aromatic rings. The van der Waals surface area contributed by atoms with Gasteiger partial charge in [0.25, 0.3) is 5.56 Å². The van der Waals surface area contributed by atoms with Crippen molar-refractivity contribution in [1.29, 1.82) is 0 Å². The van der Waals surface area contributed by atoms with Crippen LogP contribution >= 0.6 is 0 Å². The van der Waals surface area contributed by atoms with Crippen molar-refractivity contribution >= 4 is 5.82 Å². The van der Waals surface area contributed by atoms with Gasteiger partial charge in [-0.2, -0.15) is 5.10 Å². The lowest BCUT2D eigenvalue weighted by molar-refractivity contribution is 0.0784. The molecule has 2 saturated heterocycles. The van der Waals surface area contributed by atoms with Gasteiger partial charge in [0.15, 0.2) is 5.82 Å². The van der Waals surface area contributed by atoms with Crippen LogP contribution in [-0.4, -0.2) is 49.3 Å². The van der Waals surface area contributed by atoms with Gasteiger partial charge in [0.05, 0.1) is 11.9 Å². The minimum Gasteiger partial charge on any atom is -0.507 e. The van der Waals surface area contributed by atoms with Crippen molar-refractivity contribution in [3.05, 3.63) is 52.9 Å². The predicted molar refractivity (Wildman–Crippen MR) is 133 cm³/mol. The highest BCUT2D eigenvalue weighted by Crippen LogP contribution is 2.42. The van der Waals surface area contributed by atoms with Crippen LogP contribution in [-0.2, 0) is 7.05 Å². The maximum absolute atomic E-state index is 11.9. The van der Waals surface area contributed by atoms with Gasteiger partial charge in [-0.15, -0.1) is 10.2 Å². The summed E-state index contributed by atoms with van der Waals surface area (Å²) in [7, 11) is 3.70. The number of nitrogens with zero attached hydrogens (tertiary/aromatic N) is 5. The van der Waals surface area contributed by atoms with Gasteiger partial charge in [-0.1, -0.05) is 6.07 Å². The van der Waals surface area contributed by atoms with E-state index in [9.17, 15) is 9.90 Å². The average molecular weight is 461 g/mol. The normalized spacial score (nSPS) is 26.3. The third-order valence-corrected chi connectivity index (χ3v) is 7.57. The molecule has 178 valence electrons. The zero-order chi connectivity index (χ0) is 24.1. The average Bonchev–Trinajstić information content (AvgIpc) is 2.79. The summed E-state index contributed by atoms with van der Waals surface area (Å²) in [4.78, 5) is 14.1. The van der Waals surface area contributed by atoms with E-state index in [2.05, 4.69) is 46.4 Å². The Balaban J connectivity index is 1.36. The molecule has 2 N–H and O–H groups in total. The molecule has 0 unspecified atom stereocenters. The lowest BCUT2D eigenvalue weighted by Crippen LogP contribution is -2.66. The molecule has 0 radical (unpaired) electrons. The highest BCUT2D eigenvalue weighted by molar-refractivity contribution is 5.74. The Hall–Kier alpha value is -3.26. The Bertz CT molecular complexity index is 1260. The van der Waals surface area contributed by atoms with Crippen molar-refractivity contribution in [2.45, 2.75) is 63.1 Å². The fraction of sp³-hybridized carbons (Fsp3) is 0.462. The number of aryl methyl sites for hydroxylation is 1. The molecule has 5 rings (SSSR count). The number of nitrogens with one attached hydrogen (secondary N) is 1. The van der Waals surface area contributed by atoms with Crippen molar-refractivity contribution in [2.75, 3.05) is 11.9 Å². The number of aromatic hydroxyl groups is 1. The van der Waals surface area contributed by atoms with Crippen LogP contribution in [0.15, 0.2) is 47.4 Å². The van der Waals surface area contributed by atoms with Gasteiger partial charge in [0.1, 0.15) is 5.75 Å². The van der Waals surface area contributed by atoms with Gasteiger partial charge < -0.3 is 15.3 Å². The first-order valence-corrected chi connectivity index (χ1v) is 11.9. The van der Waals surface area contributed by atoms with E-state index in [1.807, 2.05) is 18.2 Å². The maximum Gasteiger partial charge on any atom is 0.267 e. The largest absolute Gasteiger partial charge is 0.507 e. The lowest BCUT2D eigenvalue weighted by Gasteiger charge is -2.55.